The Kier molecular flexibility index (Phi) is 6.34. The van der Waals surface area contributed by atoms with Gasteiger partial charge in [0.15, 0.2) is 18.2 Å². The second kappa shape index (κ2) is 8.47. The van der Waals surface area contributed by atoms with Crippen molar-refractivity contribution in [3.05, 3.63) is 30.1 Å². The summed E-state index contributed by atoms with van der Waals surface area (Å²) < 4.78 is 18.7. The number of piperazine rings is 1. The highest BCUT2D eigenvalue weighted by atomic mass is 19.1. The van der Waals surface area contributed by atoms with E-state index in [0.717, 1.165) is 0 Å². The van der Waals surface area contributed by atoms with Gasteiger partial charge >= 0.3 is 0 Å². The zero-order valence-corrected chi connectivity index (χ0v) is 13.3. The number of carbonyl (C=O) groups is 2. The molecule has 1 fully saturated rings. The number of likely N-dealkylation sites (N-methyl/N-ethyl adjacent to an activating group) is 1. The second-order valence-corrected chi connectivity index (χ2v) is 5.33. The van der Waals surface area contributed by atoms with E-state index in [1.807, 2.05) is 11.8 Å². The third-order valence-electron chi connectivity index (χ3n) is 3.65. The van der Waals surface area contributed by atoms with Crippen molar-refractivity contribution in [1.82, 2.24) is 15.1 Å². The molecule has 2 rings (SSSR count). The van der Waals surface area contributed by atoms with Gasteiger partial charge in [0, 0.05) is 32.7 Å². The number of hydrogen-bond donors (Lipinski definition) is 1. The third kappa shape index (κ3) is 5.21. The highest BCUT2D eigenvalue weighted by Crippen LogP contribution is 2.15. The zero-order valence-electron chi connectivity index (χ0n) is 13.3. The minimum Gasteiger partial charge on any atom is -0.481 e. The normalized spacial score (nSPS) is 15.3. The molecule has 0 aliphatic carbocycles. The molecule has 0 atom stereocenters. The summed E-state index contributed by atoms with van der Waals surface area (Å²) in [6, 6.07) is 6.01. The monoisotopic (exact) mass is 323 g/mol. The van der Waals surface area contributed by atoms with Crippen LogP contribution in [0.2, 0.25) is 0 Å². The van der Waals surface area contributed by atoms with Crippen molar-refractivity contribution in [2.75, 3.05) is 45.9 Å². The van der Waals surface area contributed by atoms with Crippen molar-refractivity contribution in [2.24, 2.45) is 0 Å². The third-order valence-corrected chi connectivity index (χ3v) is 3.65. The number of para-hydroxylation sites is 1. The van der Waals surface area contributed by atoms with Gasteiger partial charge in [-0.1, -0.05) is 12.1 Å². The fraction of sp³-hybridized carbons (Fsp3) is 0.500. The fourth-order valence-electron chi connectivity index (χ4n) is 2.40. The molecule has 7 heteroatoms. The first-order valence-corrected chi connectivity index (χ1v) is 7.74. The van der Waals surface area contributed by atoms with Gasteiger partial charge in [0.1, 0.15) is 0 Å². The molecule has 0 aromatic heterocycles. The first-order valence-electron chi connectivity index (χ1n) is 7.74. The number of benzene rings is 1. The van der Waals surface area contributed by atoms with Crippen LogP contribution in [0.4, 0.5) is 4.39 Å². The lowest BCUT2D eigenvalue weighted by molar-refractivity contribution is -0.135. The molecule has 0 bridgehead atoms. The average molecular weight is 323 g/mol. The molecule has 23 heavy (non-hydrogen) atoms. The first kappa shape index (κ1) is 17.2. The molecule has 1 aliphatic rings. The summed E-state index contributed by atoms with van der Waals surface area (Å²) in [5.41, 5.74) is 0. The topological polar surface area (TPSA) is 61.9 Å². The van der Waals surface area contributed by atoms with E-state index in [-0.39, 0.29) is 24.2 Å². The Balaban J connectivity index is 1.73. The molecule has 6 nitrogen and oxygen atoms in total. The van der Waals surface area contributed by atoms with Crippen molar-refractivity contribution < 1.29 is 18.7 Å². The minimum atomic E-state index is -0.480. The summed E-state index contributed by atoms with van der Waals surface area (Å²) in [7, 11) is 0. The lowest BCUT2D eigenvalue weighted by atomic mass is 10.3. The van der Waals surface area contributed by atoms with Crippen LogP contribution in [0.1, 0.15) is 6.92 Å². The molecule has 2 amide bonds. The molecule has 0 radical (unpaired) electrons. The molecule has 0 unspecified atom stereocenters. The summed E-state index contributed by atoms with van der Waals surface area (Å²) in [6.07, 6.45) is 0. The number of carbonyl (C=O) groups excluding carboxylic acids is 2. The second-order valence-electron chi connectivity index (χ2n) is 5.33. The van der Waals surface area contributed by atoms with Gasteiger partial charge < -0.3 is 15.0 Å². The molecule has 1 saturated heterocycles. The smallest absolute Gasteiger partial charge is 0.260 e. The predicted molar refractivity (Wildman–Crippen MR) is 83.6 cm³/mol. The first-order chi connectivity index (χ1) is 11.1. The summed E-state index contributed by atoms with van der Waals surface area (Å²) in [4.78, 5) is 27.3. The maximum atomic E-state index is 13.4. The van der Waals surface area contributed by atoms with E-state index in [2.05, 4.69) is 5.32 Å². The van der Waals surface area contributed by atoms with Gasteiger partial charge in [-0.15, -0.1) is 0 Å². The fourth-order valence-corrected chi connectivity index (χ4v) is 2.40. The van der Waals surface area contributed by atoms with Gasteiger partial charge in [-0.2, -0.15) is 0 Å². The minimum absolute atomic E-state index is 0.00448. The van der Waals surface area contributed by atoms with Gasteiger partial charge in [-0.05, 0) is 19.1 Å². The molecule has 0 saturated carbocycles. The molecule has 0 spiro atoms. The number of halogens is 1. The lowest BCUT2D eigenvalue weighted by Gasteiger charge is -2.34. The Morgan fingerprint density at radius 2 is 1.91 bits per heavy atom. The number of nitrogens with zero attached hydrogens (tertiary/aromatic N) is 2. The molecule has 1 aromatic carbocycles. The van der Waals surface area contributed by atoms with E-state index in [9.17, 15) is 14.0 Å². The standard InChI is InChI=1S/C16H22FN3O3/c1-2-18-15(21)11-19-7-9-20(10-8-19)16(22)12-23-14-6-4-3-5-13(14)17/h3-6H,2,7-12H2,1H3,(H,18,21). The van der Waals surface area contributed by atoms with Crippen molar-refractivity contribution in [3.63, 3.8) is 0 Å². The Morgan fingerprint density at radius 3 is 2.57 bits per heavy atom. The number of amides is 2. The van der Waals surface area contributed by atoms with Gasteiger partial charge in [0.25, 0.3) is 5.91 Å². The number of ether oxygens (including phenoxy) is 1. The maximum absolute atomic E-state index is 13.4. The average Bonchev–Trinajstić information content (AvgIpc) is 2.55. The van der Waals surface area contributed by atoms with Crippen LogP contribution in [0.5, 0.6) is 5.75 Å². The summed E-state index contributed by atoms with van der Waals surface area (Å²) in [6.45, 7) is 5.02. The SMILES string of the molecule is CCNC(=O)CN1CCN(C(=O)COc2ccccc2F)CC1. The van der Waals surface area contributed by atoms with Crippen LogP contribution < -0.4 is 10.1 Å². The quantitative estimate of drug-likeness (QED) is 0.827. The summed E-state index contributed by atoms with van der Waals surface area (Å²) >= 11 is 0. The zero-order chi connectivity index (χ0) is 16.7. The van der Waals surface area contributed by atoms with E-state index >= 15 is 0 Å². The van der Waals surface area contributed by atoms with E-state index < -0.39 is 5.82 Å². The van der Waals surface area contributed by atoms with E-state index in [4.69, 9.17) is 4.74 Å². The molecule has 126 valence electrons. The number of hydrogen-bond acceptors (Lipinski definition) is 4. The van der Waals surface area contributed by atoms with Crippen LogP contribution in [0.3, 0.4) is 0 Å². The Morgan fingerprint density at radius 1 is 1.22 bits per heavy atom. The van der Waals surface area contributed by atoms with Crippen LogP contribution in [-0.4, -0.2) is 67.5 Å². The molecular weight excluding hydrogens is 301 g/mol. The largest absolute Gasteiger partial charge is 0.481 e. The maximum Gasteiger partial charge on any atom is 0.260 e. The van der Waals surface area contributed by atoms with Crippen LogP contribution in [0.15, 0.2) is 24.3 Å². The highest BCUT2D eigenvalue weighted by molar-refractivity contribution is 5.79. The van der Waals surface area contributed by atoms with Crippen molar-refractivity contribution in [2.45, 2.75) is 6.92 Å². The van der Waals surface area contributed by atoms with Gasteiger partial charge in [-0.25, -0.2) is 4.39 Å². The molecule has 1 aromatic rings. The molecule has 1 aliphatic heterocycles. The predicted octanol–water partition coefficient (Wildman–Crippen LogP) is 0.485. The van der Waals surface area contributed by atoms with Crippen molar-refractivity contribution >= 4 is 11.8 Å². The van der Waals surface area contributed by atoms with E-state index in [1.165, 1.54) is 12.1 Å². The van der Waals surface area contributed by atoms with Crippen molar-refractivity contribution in [3.8, 4) is 5.75 Å². The van der Waals surface area contributed by atoms with Crippen LogP contribution in [-0.2, 0) is 9.59 Å². The Labute approximate surface area is 135 Å². The number of rotatable bonds is 6. The van der Waals surface area contributed by atoms with Gasteiger partial charge in [0.05, 0.1) is 6.54 Å². The lowest BCUT2D eigenvalue weighted by Crippen LogP contribution is -2.52. The summed E-state index contributed by atoms with van der Waals surface area (Å²) in [5.74, 6) is -0.580. The molecule has 1 N–H and O–H groups in total. The van der Waals surface area contributed by atoms with Crippen LogP contribution >= 0.6 is 0 Å². The van der Waals surface area contributed by atoms with Gasteiger partial charge in [0.2, 0.25) is 5.91 Å². The van der Waals surface area contributed by atoms with Crippen LogP contribution in [0, 0.1) is 5.82 Å². The molecule has 1 heterocycles. The highest BCUT2D eigenvalue weighted by Gasteiger charge is 2.22. The van der Waals surface area contributed by atoms with E-state index in [1.54, 1.807) is 17.0 Å². The molecular formula is C16H22FN3O3. The van der Waals surface area contributed by atoms with E-state index in [0.29, 0.717) is 39.3 Å². The summed E-state index contributed by atoms with van der Waals surface area (Å²) in [5, 5.41) is 2.75. The van der Waals surface area contributed by atoms with Crippen LogP contribution in [0.25, 0.3) is 0 Å². The number of nitrogens with one attached hydrogen (secondary N) is 1. The van der Waals surface area contributed by atoms with Crippen molar-refractivity contribution in [1.29, 1.82) is 0 Å². The van der Waals surface area contributed by atoms with Gasteiger partial charge in [-0.3, -0.25) is 14.5 Å². The Hall–Kier alpha value is -2.15. The Bertz CT molecular complexity index is 545.